The summed E-state index contributed by atoms with van der Waals surface area (Å²) in [6.45, 7) is 12.0. The molecule has 26 heavy (non-hydrogen) atoms. The maximum atomic E-state index is 6.65. The third-order valence-electron chi connectivity index (χ3n) is 4.99. The predicted octanol–water partition coefficient (Wildman–Crippen LogP) is 6.25. The van der Waals surface area contributed by atoms with Gasteiger partial charge < -0.3 is 9.16 Å². The first kappa shape index (κ1) is 21.1. The summed E-state index contributed by atoms with van der Waals surface area (Å²) in [6.07, 6.45) is 5.67. The van der Waals surface area contributed by atoms with E-state index in [1.54, 1.807) is 0 Å². The Balaban J connectivity index is 2.03. The van der Waals surface area contributed by atoms with Gasteiger partial charge in [-0.1, -0.05) is 42.8 Å². The van der Waals surface area contributed by atoms with Gasteiger partial charge in [-0.2, -0.15) is 0 Å². The van der Waals surface area contributed by atoms with Gasteiger partial charge >= 0.3 is 0 Å². The third kappa shape index (κ3) is 6.52. The minimum atomic E-state index is -1.86. The van der Waals surface area contributed by atoms with Crippen molar-refractivity contribution in [1.82, 2.24) is 4.98 Å². The van der Waals surface area contributed by atoms with Gasteiger partial charge in [-0.25, -0.2) is 0 Å². The van der Waals surface area contributed by atoms with E-state index in [2.05, 4.69) is 60.8 Å². The summed E-state index contributed by atoms with van der Waals surface area (Å²) in [6, 6.07) is 12.1. The van der Waals surface area contributed by atoms with Gasteiger partial charge in [0.25, 0.3) is 0 Å². The highest BCUT2D eigenvalue weighted by Gasteiger charge is 2.39. The van der Waals surface area contributed by atoms with Crippen molar-refractivity contribution in [3.63, 3.8) is 0 Å². The summed E-state index contributed by atoms with van der Waals surface area (Å²) in [5.41, 5.74) is 1.24. The van der Waals surface area contributed by atoms with Gasteiger partial charge in [-0.05, 0) is 66.9 Å². The second kappa shape index (κ2) is 9.15. The SMILES string of the molecule is CC(C)(C)[Si](C)(C)O[C@@H](CCc1cccnc1)COc1ccc(Br)cc1. The molecule has 1 atom stereocenters. The largest absolute Gasteiger partial charge is 0.491 e. The van der Waals surface area contributed by atoms with Crippen LogP contribution in [0, 0.1) is 0 Å². The lowest BCUT2D eigenvalue weighted by atomic mass is 10.1. The van der Waals surface area contributed by atoms with E-state index < -0.39 is 8.32 Å². The highest BCUT2D eigenvalue weighted by Crippen LogP contribution is 2.37. The van der Waals surface area contributed by atoms with Crippen LogP contribution in [-0.2, 0) is 10.8 Å². The van der Waals surface area contributed by atoms with Crippen LogP contribution in [0.1, 0.15) is 32.8 Å². The van der Waals surface area contributed by atoms with Crippen LogP contribution >= 0.6 is 15.9 Å². The summed E-state index contributed by atoms with van der Waals surface area (Å²) >= 11 is 3.46. The van der Waals surface area contributed by atoms with Crippen LogP contribution < -0.4 is 4.74 Å². The molecular formula is C21H30BrNO2Si. The van der Waals surface area contributed by atoms with Gasteiger partial charge in [0.15, 0.2) is 8.32 Å². The third-order valence-corrected chi connectivity index (χ3v) is 10.1. The number of halogens is 1. The van der Waals surface area contributed by atoms with E-state index in [-0.39, 0.29) is 11.1 Å². The number of nitrogens with zero attached hydrogens (tertiary/aromatic N) is 1. The molecular weight excluding hydrogens is 406 g/mol. The van der Waals surface area contributed by atoms with Crippen LogP contribution in [0.25, 0.3) is 0 Å². The van der Waals surface area contributed by atoms with Gasteiger partial charge in [0.05, 0.1) is 6.10 Å². The molecule has 1 heterocycles. The van der Waals surface area contributed by atoms with Crippen LogP contribution in [0.5, 0.6) is 5.75 Å². The average Bonchev–Trinajstić information content (AvgIpc) is 2.58. The van der Waals surface area contributed by atoms with E-state index in [1.165, 1.54) is 5.56 Å². The van der Waals surface area contributed by atoms with Crippen LogP contribution in [0.15, 0.2) is 53.3 Å². The van der Waals surface area contributed by atoms with Gasteiger partial charge in [0.1, 0.15) is 12.4 Å². The molecule has 2 rings (SSSR count). The fourth-order valence-electron chi connectivity index (χ4n) is 2.36. The van der Waals surface area contributed by atoms with E-state index in [0.717, 1.165) is 23.1 Å². The van der Waals surface area contributed by atoms with Gasteiger partial charge in [0.2, 0.25) is 0 Å². The summed E-state index contributed by atoms with van der Waals surface area (Å²) < 4.78 is 13.7. The monoisotopic (exact) mass is 435 g/mol. The molecule has 0 aliphatic carbocycles. The smallest absolute Gasteiger partial charge is 0.192 e. The summed E-state index contributed by atoms with van der Waals surface area (Å²) in [7, 11) is -1.86. The second-order valence-corrected chi connectivity index (χ2v) is 13.8. The average molecular weight is 436 g/mol. The summed E-state index contributed by atoms with van der Waals surface area (Å²) in [5, 5.41) is 0.178. The molecule has 0 saturated carbocycles. The normalized spacial score (nSPS) is 13.5. The maximum Gasteiger partial charge on any atom is 0.192 e. The van der Waals surface area contributed by atoms with Crippen molar-refractivity contribution in [3.05, 3.63) is 58.8 Å². The summed E-state index contributed by atoms with van der Waals surface area (Å²) in [5.74, 6) is 0.874. The number of pyridine rings is 1. The molecule has 1 aromatic carbocycles. The first-order chi connectivity index (χ1) is 12.2. The Morgan fingerprint density at radius 2 is 1.81 bits per heavy atom. The molecule has 2 aromatic rings. The number of aromatic nitrogens is 1. The Hall–Kier alpha value is -1.17. The molecule has 0 amide bonds. The molecule has 5 heteroatoms. The minimum Gasteiger partial charge on any atom is -0.491 e. The van der Waals surface area contributed by atoms with Crippen LogP contribution in [0.4, 0.5) is 0 Å². The lowest BCUT2D eigenvalue weighted by Gasteiger charge is -2.39. The number of ether oxygens (including phenoxy) is 1. The Labute approximate surface area is 167 Å². The topological polar surface area (TPSA) is 31.4 Å². The molecule has 3 nitrogen and oxygen atoms in total. The molecule has 0 fully saturated rings. The van der Waals surface area contributed by atoms with Crippen molar-refractivity contribution in [2.45, 2.75) is 57.8 Å². The van der Waals surface area contributed by atoms with Crippen molar-refractivity contribution in [3.8, 4) is 5.75 Å². The Morgan fingerprint density at radius 3 is 2.38 bits per heavy atom. The number of benzene rings is 1. The highest BCUT2D eigenvalue weighted by atomic mass is 79.9. The van der Waals surface area contributed by atoms with Crippen molar-refractivity contribution in [2.75, 3.05) is 6.61 Å². The Kier molecular flexibility index (Phi) is 7.44. The lowest BCUT2D eigenvalue weighted by Crippen LogP contribution is -2.45. The van der Waals surface area contributed by atoms with Crippen molar-refractivity contribution in [1.29, 1.82) is 0 Å². The van der Waals surface area contributed by atoms with E-state index in [4.69, 9.17) is 9.16 Å². The van der Waals surface area contributed by atoms with E-state index in [9.17, 15) is 0 Å². The molecule has 0 N–H and O–H groups in total. The molecule has 0 bridgehead atoms. The quantitative estimate of drug-likeness (QED) is 0.459. The number of hydrogen-bond donors (Lipinski definition) is 0. The zero-order valence-electron chi connectivity index (χ0n) is 16.5. The van der Waals surface area contributed by atoms with Crippen LogP contribution in [0.2, 0.25) is 18.1 Å². The van der Waals surface area contributed by atoms with Crippen molar-refractivity contribution in [2.24, 2.45) is 0 Å². The maximum absolute atomic E-state index is 6.65. The molecule has 0 radical (unpaired) electrons. The first-order valence-corrected chi connectivity index (χ1v) is 12.8. The molecule has 1 aromatic heterocycles. The second-order valence-electron chi connectivity index (χ2n) is 8.17. The zero-order valence-corrected chi connectivity index (χ0v) is 19.0. The molecule has 142 valence electrons. The highest BCUT2D eigenvalue weighted by molar-refractivity contribution is 9.10. The Morgan fingerprint density at radius 1 is 1.12 bits per heavy atom. The minimum absolute atomic E-state index is 0.0692. The summed E-state index contributed by atoms with van der Waals surface area (Å²) in [4.78, 5) is 4.21. The molecule has 0 aliphatic rings. The molecule has 0 aliphatic heterocycles. The molecule has 0 unspecified atom stereocenters. The zero-order chi connectivity index (χ0) is 19.2. The lowest BCUT2D eigenvalue weighted by molar-refractivity contribution is 0.108. The number of aryl methyl sites for hydroxylation is 1. The van der Waals surface area contributed by atoms with E-state index in [1.807, 2.05) is 42.7 Å². The van der Waals surface area contributed by atoms with Crippen molar-refractivity contribution < 1.29 is 9.16 Å². The standard InChI is InChI=1S/C21H30BrNO2Si/c1-21(2,3)26(4,5)25-20(11-8-17-7-6-14-23-15-17)16-24-19-12-9-18(22)10-13-19/h6-7,9-10,12-15,20H,8,11,16H2,1-5H3/t20-/m0/s1. The van der Waals surface area contributed by atoms with E-state index in [0.29, 0.717) is 6.61 Å². The first-order valence-electron chi connectivity index (χ1n) is 9.12. The van der Waals surface area contributed by atoms with Crippen molar-refractivity contribution >= 4 is 24.2 Å². The Bertz CT molecular complexity index is 669. The van der Waals surface area contributed by atoms with Gasteiger partial charge in [-0.3, -0.25) is 4.98 Å². The fourth-order valence-corrected chi connectivity index (χ4v) is 4.00. The van der Waals surface area contributed by atoms with Crippen LogP contribution in [-0.4, -0.2) is 26.0 Å². The van der Waals surface area contributed by atoms with Crippen LogP contribution in [0.3, 0.4) is 0 Å². The molecule has 0 saturated heterocycles. The number of rotatable bonds is 8. The fraction of sp³-hybridized carbons (Fsp3) is 0.476. The van der Waals surface area contributed by atoms with E-state index >= 15 is 0 Å². The molecule has 0 spiro atoms. The van der Waals surface area contributed by atoms with Gasteiger partial charge in [0, 0.05) is 16.9 Å². The number of hydrogen-bond acceptors (Lipinski definition) is 3. The predicted molar refractivity (Wildman–Crippen MR) is 114 cm³/mol. The van der Waals surface area contributed by atoms with Gasteiger partial charge in [-0.15, -0.1) is 0 Å².